The zero-order valence-corrected chi connectivity index (χ0v) is 11.7. The number of hydrogen-bond donors (Lipinski definition) is 3. The standard InChI is InChI=1S/C14H20ClNO3/c1-19-8-10-6-12(14(18)13(10)17)16-7-9-3-2-4-11(15)5-9/h2-5,10,12-14,16-18H,6-8H2,1H3. The fourth-order valence-corrected chi connectivity index (χ4v) is 2.82. The van der Waals surface area contributed by atoms with Crippen molar-refractivity contribution in [2.45, 2.75) is 31.2 Å². The normalized spacial score (nSPS) is 30.7. The Morgan fingerprint density at radius 1 is 1.37 bits per heavy atom. The first kappa shape index (κ1) is 14.8. The molecule has 0 aromatic heterocycles. The van der Waals surface area contributed by atoms with Crippen LogP contribution in [0, 0.1) is 5.92 Å². The Balaban J connectivity index is 1.89. The van der Waals surface area contributed by atoms with Crippen LogP contribution in [-0.4, -0.2) is 42.2 Å². The molecule has 0 bridgehead atoms. The molecule has 2 rings (SSSR count). The third kappa shape index (κ3) is 3.68. The highest BCUT2D eigenvalue weighted by atomic mass is 35.5. The van der Waals surface area contributed by atoms with Gasteiger partial charge in [-0.15, -0.1) is 0 Å². The molecule has 4 unspecified atom stereocenters. The minimum Gasteiger partial charge on any atom is -0.390 e. The summed E-state index contributed by atoms with van der Waals surface area (Å²) in [5, 5.41) is 23.9. The summed E-state index contributed by atoms with van der Waals surface area (Å²) < 4.78 is 5.06. The fraction of sp³-hybridized carbons (Fsp3) is 0.571. The highest BCUT2D eigenvalue weighted by Crippen LogP contribution is 2.27. The van der Waals surface area contributed by atoms with Crippen molar-refractivity contribution in [2.24, 2.45) is 5.92 Å². The van der Waals surface area contributed by atoms with Gasteiger partial charge in [0.25, 0.3) is 0 Å². The van der Waals surface area contributed by atoms with Gasteiger partial charge in [-0.2, -0.15) is 0 Å². The number of benzene rings is 1. The van der Waals surface area contributed by atoms with Crippen LogP contribution in [0.5, 0.6) is 0 Å². The van der Waals surface area contributed by atoms with Crippen molar-refractivity contribution < 1.29 is 14.9 Å². The quantitative estimate of drug-likeness (QED) is 0.760. The van der Waals surface area contributed by atoms with E-state index in [9.17, 15) is 10.2 Å². The second-order valence-electron chi connectivity index (χ2n) is 5.05. The molecule has 0 amide bonds. The van der Waals surface area contributed by atoms with Gasteiger partial charge in [-0.1, -0.05) is 23.7 Å². The number of nitrogens with one attached hydrogen (secondary N) is 1. The predicted molar refractivity (Wildman–Crippen MR) is 74.1 cm³/mol. The molecule has 0 heterocycles. The molecule has 4 nitrogen and oxygen atoms in total. The van der Waals surface area contributed by atoms with E-state index in [2.05, 4.69) is 5.32 Å². The molecule has 0 aliphatic heterocycles. The van der Waals surface area contributed by atoms with E-state index in [1.807, 2.05) is 24.3 Å². The van der Waals surface area contributed by atoms with Gasteiger partial charge in [0.2, 0.25) is 0 Å². The van der Waals surface area contributed by atoms with Crippen LogP contribution in [0.15, 0.2) is 24.3 Å². The molecule has 1 saturated carbocycles. The summed E-state index contributed by atoms with van der Waals surface area (Å²) in [4.78, 5) is 0. The van der Waals surface area contributed by atoms with Crippen LogP contribution in [0.25, 0.3) is 0 Å². The average Bonchev–Trinajstić information content (AvgIpc) is 2.65. The lowest BCUT2D eigenvalue weighted by molar-refractivity contribution is -0.00597. The molecule has 1 aromatic carbocycles. The lowest BCUT2D eigenvalue weighted by atomic mass is 10.1. The number of aliphatic hydroxyl groups excluding tert-OH is 2. The molecule has 3 N–H and O–H groups in total. The summed E-state index contributed by atoms with van der Waals surface area (Å²) in [6.45, 7) is 1.09. The lowest BCUT2D eigenvalue weighted by Gasteiger charge is -2.18. The monoisotopic (exact) mass is 285 g/mol. The summed E-state index contributed by atoms with van der Waals surface area (Å²) in [6, 6.07) is 7.47. The van der Waals surface area contributed by atoms with E-state index in [0.29, 0.717) is 24.6 Å². The molecule has 0 spiro atoms. The third-order valence-electron chi connectivity index (χ3n) is 3.64. The second-order valence-corrected chi connectivity index (χ2v) is 5.49. The lowest BCUT2D eigenvalue weighted by Crippen LogP contribution is -2.39. The fourth-order valence-electron chi connectivity index (χ4n) is 2.60. The second kappa shape index (κ2) is 6.68. The van der Waals surface area contributed by atoms with E-state index in [1.165, 1.54) is 0 Å². The summed E-state index contributed by atoms with van der Waals surface area (Å²) in [6.07, 6.45) is -0.771. The minimum absolute atomic E-state index is 0.0168. The topological polar surface area (TPSA) is 61.7 Å². The number of ether oxygens (including phenoxy) is 1. The van der Waals surface area contributed by atoms with Crippen LogP contribution in [0.2, 0.25) is 5.02 Å². The maximum atomic E-state index is 9.99. The van der Waals surface area contributed by atoms with Crippen molar-refractivity contribution in [2.75, 3.05) is 13.7 Å². The first-order valence-electron chi connectivity index (χ1n) is 6.44. The third-order valence-corrected chi connectivity index (χ3v) is 3.88. The molecule has 106 valence electrons. The first-order chi connectivity index (χ1) is 9.11. The average molecular weight is 286 g/mol. The zero-order chi connectivity index (χ0) is 13.8. The van der Waals surface area contributed by atoms with Gasteiger partial charge in [0, 0.05) is 30.6 Å². The molecule has 1 aliphatic rings. The maximum absolute atomic E-state index is 9.99. The Morgan fingerprint density at radius 2 is 2.16 bits per heavy atom. The van der Waals surface area contributed by atoms with Gasteiger partial charge >= 0.3 is 0 Å². The SMILES string of the molecule is COCC1CC(NCc2cccc(Cl)c2)C(O)C1O. The van der Waals surface area contributed by atoms with Crippen LogP contribution in [-0.2, 0) is 11.3 Å². The first-order valence-corrected chi connectivity index (χ1v) is 6.82. The van der Waals surface area contributed by atoms with E-state index in [1.54, 1.807) is 7.11 Å². The number of methoxy groups -OCH3 is 1. The molecular formula is C14H20ClNO3. The van der Waals surface area contributed by atoms with Crippen LogP contribution in [0.1, 0.15) is 12.0 Å². The summed E-state index contributed by atoms with van der Waals surface area (Å²) in [7, 11) is 1.60. The van der Waals surface area contributed by atoms with E-state index in [-0.39, 0.29) is 12.0 Å². The number of halogens is 1. The Labute approximate surface area is 118 Å². The van der Waals surface area contributed by atoms with Gasteiger partial charge in [-0.3, -0.25) is 0 Å². The van der Waals surface area contributed by atoms with E-state index in [0.717, 1.165) is 5.56 Å². The Bertz CT molecular complexity index is 415. The van der Waals surface area contributed by atoms with Gasteiger partial charge in [0.1, 0.15) is 0 Å². The van der Waals surface area contributed by atoms with Crippen molar-refractivity contribution in [3.63, 3.8) is 0 Å². The molecule has 5 heteroatoms. The van der Waals surface area contributed by atoms with Crippen molar-refractivity contribution in [3.8, 4) is 0 Å². The van der Waals surface area contributed by atoms with Gasteiger partial charge in [0.05, 0.1) is 18.8 Å². The molecule has 1 aromatic rings. The molecule has 0 radical (unpaired) electrons. The van der Waals surface area contributed by atoms with Crippen molar-refractivity contribution in [1.29, 1.82) is 0 Å². The molecule has 1 fully saturated rings. The Morgan fingerprint density at radius 3 is 2.84 bits per heavy atom. The largest absolute Gasteiger partial charge is 0.390 e. The minimum atomic E-state index is -0.751. The van der Waals surface area contributed by atoms with Gasteiger partial charge in [0.15, 0.2) is 0 Å². The van der Waals surface area contributed by atoms with Crippen LogP contribution in [0.4, 0.5) is 0 Å². The number of rotatable bonds is 5. The van der Waals surface area contributed by atoms with Crippen LogP contribution in [0.3, 0.4) is 0 Å². The summed E-state index contributed by atoms with van der Waals surface area (Å²) >= 11 is 5.92. The van der Waals surface area contributed by atoms with Gasteiger partial charge < -0.3 is 20.3 Å². The van der Waals surface area contributed by atoms with E-state index in [4.69, 9.17) is 16.3 Å². The molecule has 4 atom stereocenters. The van der Waals surface area contributed by atoms with Crippen LogP contribution >= 0.6 is 11.6 Å². The summed E-state index contributed by atoms with van der Waals surface area (Å²) in [5.41, 5.74) is 1.06. The summed E-state index contributed by atoms with van der Waals surface area (Å²) in [5.74, 6) is -0.0168. The van der Waals surface area contributed by atoms with Crippen LogP contribution < -0.4 is 5.32 Å². The van der Waals surface area contributed by atoms with Gasteiger partial charge in [-0.25, -0.2) is 0 Å². The highest BCUT2D eigenvalue weighted by Gasteiger charge is 2.40. The number of aliphatic hydroxyl groups is 2. The maximum Gasteiger partial charge on any atom is 0.0955 e. The highest BCUT2D eigenvalue weighted by molar-refractivity contribution is 6.30. The molecule has 19 heavy (non-hydrogen) atoms. The smallest absolute Gasteiger partial charge is 0.0955 e. The van der Waals surface area contributed by atoms with Crippen molar-refractivity contribution >= 4 is 11.6 Å². The Hall–Kier alpha value is -0.650. The van der Waals surface area contributed by atoms with Crippen molar-refractivity contribution in [3.05, 3.63) is 34.9 Å². The predicted octanol–water partition coefficient (Wildman–Crippen LogP) is 1.19. The molecular weight excluding hydrogens is 266 g/mol. The van der Waals surface area contributed by atoms with Crippen molar-refractivity contribution in [1.82, 2.24) is 5.32 Å². The van der Waals surface area contributed by atoms with Gasteiger partial charge in [-0.05, 0) is 24.1 Å². The van der Waals surface area contributed by atoms with E-state index < -0.39 is 12.2 Å². The Kier molecular flexibility index (Phi) is 5.19. The zero-order valence-electron chi connectivity index (χ0n) is 10.9. The molecule has 0 saturated heterocycles. The number of hydrogen-bond acceptors (Lipinski definition) is 4. The molecule has 1 aliphatic carbocycles. The van der Waals surface area contributed by atoms with E-state index >= 15 is 0 Å².